The van der Waals surface area contributed by atoms with Crippen LogP contribution < -0.4 is 0 Å². The van der Waals surface area contributed by atoms with Crippen molar-refractivity contribution in [1.82, 2.24) is 4.98 Å². The number of alkyl halides is 3. The minimum absolute atomic E-state index is 0.648. The Kier molecular flexibility index (Phi) is 3.49. The summed E-state index contributed by atoms with van der Waals surface area (Å²) in [6.45, 7) is 7.62. The Morgan fingerprint density at radius 3 is 2.21 bits per heavy atom. The summed E-state index contributed by atoms with van der Waals surface area (Å²) in [4.78, 5) is 5.35. The van der Waals surface area contributed by atoms with Gasteiger partial charge in [0.05, 0.1) is 16.1 Å². The molecule has 1 nitrogen and oxygen atoms in total. The van der Waals surface area contributed by atoms with E-state index in [2.05, 4.69) is 11.6 Å². The van der Waals surface area contributed by atoms with Crippen molar-refractivity contribution in [3.05, 3.63) is 47.0 Å². The van der Waals surface area contributed by atoms with E-state index in [1.807, 2.05) is 13.8 Å². The number of aromatic nitrogens is 1. The monoisotopic (exact) mass is 283 g/mol. The van der Waals surface area contributed by atoms with Crippen LogP contribution in [0, 0.1) is 6.92 Å². The number of aryl methyl sites for hydroxylation is 1. The number of nitrogens with zero attached hydrogens (tertiary/aromatic N) is 1. The first-order valence-electron chi connectivity index (χ1n) is 5.60. The second-order valence-corrected chi connectivity index (χ2v) is 5.29. The Labute approximate surface area is 113 Å². The van der Waals surface area contributed by atoms with E-state index in [0.717, 1.165) is 28.3 Å². The number of hydrogen-bond acceptors (Lipinski definition) is 2. The van der Waals surface area contributed by atoms with Gasteiger partial charge in [-0.25, -0.2) is 4.98 Å². The highest BCUT2D eigenvalue weighted by molar-refractivity contribution is 7.16. The van der Waals surface area contributed by atoms with Crippen LogP contribution in [0.5, 0.6) is 0 Å². The second-order valence-electron chi connectivity index (χ2n) is 4.29. The summed E-state index contributed by atoms with van der Waals surface area (Å²) in [6.07, 6.45) is -4.31. The summed E-state index contributed by atoms with van der Waals surface area (Å²) in [5.74, 6) is 0. The summed E-state index contributed by atoms with van der Waals surface area (Å²) < 4.78 is 37.4. The molecule has 100 valence electrons. The number of benzene rings is 1. The van der Waals surface area contributed by atoms with E-state index in [1.165, 1.54) is 23.5 Å². The average molecular weight is 283 g/mol. The third-order valence-corrected chi connectivity index (χ3v) is 4.01. The van der Waals surface area contributed by atoms with Gasteiger partial charge in [0.15, 0.2) is 0 Å². The third kappa shape index (κ3) is 2.87. The third-order valence-electron chi connectivity index (χ3n) is 2.64. The smallest absolute Gasteiger partial charge is 0.241 e. The maximum Gasteiger partial charge on any atom is 0.416 e. The zero-order valence-electron chi connectivity index (χ0n) is 10.5. The average Bonchev–Trinajstić information content (AvgIpc) is 2.70. The Balaban J connectivity index is 2.38. The van der Waals surface area contributed by atoms with Crippen LogP contribution in [0.2, 0.25) is 0 Å². The van der Waals surface area contributed by atoms with Crippen molar-refractivity contribution >= 4 is 16.9 Å². The van der Waals surface area contributed by atoms with E-state index in [-0.39, 0.29) is 0 Å². The summed E-state index contributed by atoms with van der Waals surface area (Å²) in [5, 5.41) is 0.712. The molecule has 1 aromatic carbocycles. The molecule has 0 aliphatic heterocycles. The molecule has 2 rings (SSSR count). The lowest BCUT2D eigenvalue weighted by molar-refractivity contribution is -0.137. The number of rotatable bonds is 2. The molecule has 1 aromatic heterocycles. The van der Waals surface area contributed by atoms with Crippen molar-refractivity contribution in [2.75, 3.05) is 0 Å². The Hall–Kier alpha value is -1.62. The van der Waals surface area contributed by atoms with Crippen molar-refractivity contribution in [2.24, 2.45) is 0 Å². The highest BCUT2D eigenvalue weighted by Crippen LogP contribution is 2.34. The lowest BCUT2D eigenvalue weighted by Gasteiger charge is -2.06. The maximum absolute atomic E-state index is 12.5. The van der Waals surface area contributed by atoms with E-state index in [1.54, 1.807) is 0 Å². The fourth-order valence-corrected chi connectivity index (χ4v) is 2.72. The maximum atomic E-state index is 12.5. The molecule has 0 saturated heterocycles. The predicted octanol–water partition coefficient (Wildman–Crippen LogP) is 5.17. The molecule has 0 aliphatic rings. The van der Waals surface area contributed by atoms with Crippen molar-refractivity contribution in [3.63, 3.8) is 0 Å². The van der Waals surface area contributed by atoms with Crippen LogP contribution in [0.3, 0.4) is 0 Å². The van der Waals surface area contributed by atoms with Crippen LogP contribution in [0.15, 0.2) is 30.8 Å². The standard InChI is InChI=1S/C14H12F3NS/c1-8(2)12-9(3)18-13(19-12)10-4-6-11(7-5-10)14(15,16)17/h4-7H,1H2,2-3H3. The van der Waals surface area contributed by atoms with Gasteiger partial charge in [-0.1, -0.05) is 18.7 Å². The molecular weight excluding hydrogens is 271 g/mol. The molecule has 0 spiro atoms. The number of halogens is 3. The molecule has 0 radical (unpaired) electrons. The van der Waals surface area contributed by atoms with Gasteiger partial charge in [0.2, 0.25) is 0 Å². The molecule has 1 heterocycles. The van der Waals surface area contributed by atoms with E-state index in [4.69, 9.17) is 0 Å². The molecule has 0 amide bonds. The Bertz CT molecular complexity index is 609. The molecule has 0 saturated carbocycles. The lowest BCUT2D eigenvalue weighted by Crippen LogP contribution is -2.03. The zero-order chi connectivity index (χ0) is 14.2. The van der Waals surface area contributed by atoms with Crippen molar-refractivity contribution < 1.29 is 13.2 Å². The molecule has 0 fully saturated rings. The van der Waals surface area contributed by atoms with E-state index in [9.17, 15) is 13.2 Å². The second kappa shape index (κ2) is 4.81. The zero-order valence-corrected chi connectivity index (χ0v) is 11.3. The van der Waals surface area contributed by atoms with Crippen LogP contribution in [-0.4, -0.2) is 4.98 Å². The molecule has 0 bridgehead atoms. The topological polar surface area (TPSA) is 12.9 Å². The van der Waals surface area contributed by atoms with Crippen LogP contribution in [-0.2, 0) is 6.18 Å². The fraction of sp³-hybridized carbons (Fsp3) is 0.214. The van der Waals surface area contributed by atoms with Gasteiger partial charge >= 0.3 is 6.18 Å². The van der Waals surface area contributed by atoms with Crippen LogP contribution in [0.1, 0.15) is 23.1 Å². The van der Waals surface area contributed by atoms with Gasteiger partial charge in [-0.3, -0.25) is 0 Å². The minimum Gasteiger partial charge on any atom is -0.241 e. The number of allylic oxidation sites excluding steroid dienone is 1. The highest BCUT2D eigenvalue weighted by Gasteiger charge is 2.30. The van der Waals surface area contributed by atoms with E-state index >= 15 is 0 Å². The van der Waals surface area contributed by atoms with E-state index < -0.39 is 11.7 Å². The van der Waals surface area contributed by atoms with Gasteiger partial charge in [-0.2, -0.15) is 13.2 Å². The Morgan fingerprint density at radius 2 is 1.79 bits per heavy atom. The van der Waals surface area contributed by atoms with Gasteiger partial charge in [0.25, 0.3) is 0 Å². The first-order valence-corrected chi connectivity index (χ1v) is 6.41. The van der Waals surface area contributed by atoms with Gasteiger partial charge in [0, 0.05) is 5.56 Å². The quantitative estimate of drug-likeness (QED) is 0.741. The summed E-state index contributed by atoms with van der Waals surface area (Å²) >= 11 is 1.44. The van der Waals surface area contributed by atoms with Crippen LogP contribution in [0.4, 0.5) is 13.2 Å². The molecule has 0 unspecified atom stereocenters. The van der Waals surface area contributed by atoms with Crippen molar-refractivity contribution in [3.8, 4) is 10.6 Å². The molecule has 0 atom stereocenters. The SMILES string of the molecule is C=C(C)c1sc(-c2ccc(C(F)(F)F)cc2)nc1C. The summed E-state index contributed by atoms with van der Waals surface area (Å²) in [6, 6.07) is 5.05. The first-order chi connectivity index (χ1) is 8.79. The van der Waals surface area contributed by atoms with Gasteiger partial charge < -0.3 is 0 Å². The van der Waals surface area contributed by atoms with Crippen LogP contribution >= 0.6 is 11.3 Å². The molecular formula is C14H12F3NS. The summed E-state index contributed by atoms with van der Waals surface area (Å²) in [5.41, 5.74) is 1.80. The first kappa shape index (κ1) is 13.8. The molecule has 19 heavy (non-hydrogen) atoms. The van der Waals surface area contributed by atoms with E-state index in [0.29, 0.717) is 10.6 Å². The van der Waals surface area contributed by atoms with Gasteiger partial charge in [-0.05, 0) is 31.6 Å². The lowest BCUT2D eigenvalue weighted by atomic mass is 10.1. The number of thiazole rings is 1. The van der Waals surface area contributed by atoms with Gasteiger partial charge in [0.1, 0.15) is 5.01 Å². The van der Waals surface area contributed by atoms with Crippen LogP contribution in [0.25, 0.3) is 16.1 Å². The normalized spacial score (nSPS) is 11.6. The van der Waals surface area contributed by atoms with Crippen molar-refractivity contribution in [1.29, 1.82) is 0 Å². The minimum atomic E-state index is -4.31. The molecule has 0 N–H and O–H groups in total. The van der Waals surface area contributed by atoms with Gasteiger partial charge in [-0.15, -0.1) is 11.3 Å². The molecule has 5 heteroatoms. The highest BCUT2D eigenvalue weighted by atomic mass is 32.1. The predicted molar refractivity (Wildman–Crippen MR) is 72.0 cm³/mol. The van der Waals surface area contributed by atoms with Crippen molar-refractivity contribution in [2.45, 2.75) is 20.0 Å². The molecule has 0 aliphatic carbocycles. The fourth-order valence-electron chi connectivity index (χ4n) is 1.72. The molecule has 2 aromatic rings. The largest absolute Gasteiger partial charge is 0.416 e. The summed E-state index contributed by atoms with van der Waals surface area (Å²) in [7, 11) is 0. The Morgan fingerprint density at radius 1 is 1.21 bits per heavy atom. The number of hydrogen-bond donors (Lipinski definition) is 0.